The predicted octanol–water partition coefficient (Wildman–Crippen LogP) is 2.18. The normalized spacial score (nSPS) is 10.5. The molecule has 1 amide bonds. The monoisotopic (exact) mass is 310 g/mol. The molecule has 0 unspecified atom stereocenters. The lowest BCUT2D eigenvalue weighted by atomic mass is 10.1. The number of amides is 1. The minimum Gasteiger partial charge on any atom is -0.392 e. The van der Waals surface area contributed by atoms with Crippen LogP contribution in [-0.4, -0.2) is 26.1 Å². The molecule has 23 heavy (non-hydrogen) atoms. The van der Waals surface area contributed by atoms with E-state index in [2.05, 4.69) is 20.4 Å². The Labute approximate surface area is 132 Å². The SMILES string of the molecule is Cc1nc(-c2cccc(C(=O)Nc3cnccc3CO)c2)no1. The average molecular weight is 310 g/mol. The van der Waals surface area contributed by atoms with Gasteiger partial charge in [0.05, 0.1) is 18.5 Å². The molecule has 0 aliphatic rings. The van der Waals surface area contributed by atoms with Crippen LogP contribution in [0.2, 0.25) is 0 Å². The largest absolute Gasteiger partial charge is 0.392 e. The van der Waals surface area contributed by atoms with Gasteiger partial charge >= 0.3 is 0 Å². The van der Waals surface area contributed by atoms with Crippen molar-refractivity contribution in [3.8, 4) is 11.4 Å². The van der Waals surface area contributed by atoms with Crippen molar-refractivity contribution in [3.05, 3.63) is 59.7 Å². The number of pyridine rings is 1. The number of nitrogens with one attached hydrogen (secondary N) is 1. The molecule has 7 nitrogen and oxygen atoms in total. The van der Waals surface area contributed by atoms with Gasteiger partial charge in [-0.1, -0.05) is 17.3 Å². The molecule has 0 saturated heterocycles. The molecule has 2 N–H and O–H groups in total. The van der Waals surface area contributed by atoms with Gasteiger partial charge in [-0.25, -0.2) is 0 Å². The van der Waals surface area contributed by atoms with Crippen molar-refractivity contribution in [1.29, 1.82) is 0 Å². The Hall–Kier alpha value is -3.06. The van der Waals surface area contributed by atoms with Crippen LogP contribution in [0.25, 0.3) is 11.4 Å². The minimum absolute atomic E-state index is 0.180. The standard InChI is InChI=1S/C16H14N4O3/c1-10-18-15(20-23-10)11-3-2-4-12(7-11)16(22)19-14-8-17-6-5-13(14)9-21/h2-8,21H,9H2,1H3,(H,19,22). The highest BCUT2D eigenvalue weighted by atomic mass is 16.5. The molecule has 116 valence electrons. The zero-order valence-electron chi connectivity index (χ0n) is 12.4. The first-order chi connectivity index (χ1) is 11.2. The van der Waals surface area contributed by atoms with E-state index in [-0.39, 0.29) is 12.5 Å². The van der Waals surface area contributed by atoms with Crippen LogP contribution in [0.5, 0.6) is 0 Å². The number of anilines is 1. The highest BCUT2D eigenvalue weighted by Gasteiger charge is 2.12. The summed E-state index contributed by atoms with van der Waals surface area (Å²) in [6.45, 7) is 1.52. The maximum Gasteiger partial charge on any atom is 0.255 e. The summed E-state index contributed by atoms with van der Waals surface area (Å²) in [5.41, 5.74) is 2.19. The van der Waals surface area contributed by atoms with Gasteiger partial charge in [-0.3, -0.25) is 9.78 Å². The van der Waals surface area contributed by atoms with Crippen LogP contribution < -0.4 is 5.32 Å². The third-order valence-electron chi connectivity index (χ3n) is 3.24. The van der Waals surface area contributed by atoms with Crippen molar-refractivity contribution < 1.29 is 14.4 Å². The van der Waals surface area contributed by atoms with Gasteiger partial charge in [0.1, 0.15) is 0 Å². The highest BCUT2D eigenvalue weighted by Crippen LogP contribution is 2.19. The molecule has 0 bridgehead atoms. The number of carbonyl (C=O) groups excluding carboxylic acids is 1. The molecule has 0 saturated carbocycles. The van der Waals surface area contributed by atoms with E-state index in [1.807, 2.05) is 0 Å². The molecule has 3 rings (SSSR count). The molecule has 3 aromatic rings. The Morgan fingerprint density at radius 2 is 2.22 bits per heavy atom. The average Bonchev–Trinajstić information content (AvgIpc) is 3.02. The van der Waals surface area contributed by atoms with E-state index >= 15 is 0 Å². The van der Waals surface area contributed by atoms with Crippen molar-refractivity contribution in [2.75, 3.05) is 5.32 Å². The van der Waals surface area contributed by atoms with Crippen LogP contribution in [0.1, 0.15) is 21.8 Å². The number of hydrogen-bond acceptors (Lipinski definition) is 6. The first-order valence-electron chi connectivity index (χ1n) is 6.93. The molecular weight excluding hydrogens is 296 g/mol. The zero-order chi connectivity index (χ0) is 16.2. The van der Waals surface area contributed by atoms with Gasteiger partial charge in [-0.2, -0.15) is 4.98 Å². The van der Waals surface area contributed by atoms with E-state index in [0.717, 1.165) is 0 Å². The highest BCUT2D eigenvalue weighted by molar-refractivity contribution is 6.05. The maximum absolute atomic E-state index is 12.4. The van der Waals surface area contributed by atoms with E-state index in [1.54, 1.807) is 43.5 Å². The van der Waals surface area contributed by atoms with E-state index in [1.165, 1.54) is 6.20 Å². The zero-order valence-corrected chi connectivity index (χ0v) is 12.4. The van der Waals surface area contributed by atoms with Gasteiger partial charge in [-0.05, 0) is 18.2 Å². The lowest BCUT2D eigenvalue weighted by Crippen LogP contribution is -2.13. The van der Waals surface area contributed by atoms with Gasteiger partial charge in [0, 0.05) is 29.8 Å². The Kier molecular flexibility index (Phi) is 4.11. The van der Waals surface area contributed by atoms with Crippen molar-refractivity contribution >= 4 is 11.6 Å². The Balaban J connectivity index is 1.85. The van der Waals surface area contributed by atoms with Crippen LogP contribution in [-0.2, 0) is 6.61 Å². The minimum atomic E-state index is -0.310. The lowest BCUT2D eigenvalue weighted by Gasteiger charge is -2.09. The summed E-state index contributed by atoms with van der Waals surface area (Å²) in [6.07, 6.45) is 3.05. The molecule has 0 aliphatic carbocycles. The van der Waals surface area contributed by atoms with E-state index in [9.17, 15) is 9.90 Å². The molecular formula is C16H14N4O3. The van der Waals surface area contributed by atoms with Crippen LogP contribution in [0.3, 0.4) is 0 Å². The Morgan fingerprint density at radius 1 is 1.35 bits per heavy atom. The van der Waals surface area contributed by atoms with Crippen LogP contribution in [0.15, 0.2) is 47.2 Å². The second-order valence-electron chi connectivity index (χ2n) is 4.86. The molecule has 0 atom stereocenters. The fourth-order valence-corrected chi connectivity index (χ4v) is 2.08. The fraction of sp³-hybridized carbons (Fsp3) is 0.125. The summed E-state index contributed by atoms with van der Waals surface area (Å²) in [5.74, 6) is 0.571. The summed E-state index contributed by atoms with van der Waals surface area (Å²) >= 11 is 0. The number of aromatic nitrogens is 3. The molecule has 2 aromatic heterocycles. The van der Waals surface area contributed by atoms with E-state index in [4.69, 9.17) is 4.52 Å². The van der Waals surface area contributed by atoms with Gasteiger partial charge in [0.25, 0.3) is 5.91 Å². The summed E-state index contributed by atoms with van der Waals surface area (Å²) in [7, 11) is 0. The van der Waals surface area contributed by atoms with Gasteiger partial charge < -0.3 is 14.9 Å². The fourth-order valence-electron chi connectivity index (χ4n) is 2.08. The second-order valence-corrected chi connectivity index (χ2v) is 4.86. The second kappa shape index (κ2) is 6.37. The van der Waals surface area contributed by atoms with Crippen LogP contribution >= 0.6 is 0 Å². The van der Waals surface area contributed by atoms with Crippen LogP contribution in [0.4, 0.5) is 5.69 Å². The number of hydrogen-bond donors (Lipinski definition) is 2. The predicted molar refractivity (Wildman–Crippen MR) is 82.6 cm³/mol. The number of aliphatic hydroxyl groups excluding tert-OH is 1. The molecule has 0 spiro atoms. The third kappa shape index (κ3) is 3.24. The van der Waals surface area contributed by atoms with Gasteiger partial charge in [-0.15, -0.1) is 0 Å². The molecule has 2 heterocycles. The summed E-state index contributed by atoms with van der Waals surface area (Å²) in [5, 5.41) is 15.9. The summed E-state index contributed by atoms with van der Waals surface area (Å²) < 4.78 is 4.95. The lowest BCUT2D eigenvalue weighted by molar-refractivity contribution is 0.102. The molecule has 1 aromatic carbocycles. The van der Waals surface area contributed by atoms with Crippen LogP contribution in [0, 0.1) is 6.92 Å². The maximum atomic E-state index is 12.4. The number of aryl methyl sites for hydroxylation is 1. The van der Waals surface area contributed by atoms with Gasteiger partial charge in [0.15, 0.2) is 0 Å². The smallest absolute Gasteiger partial charge is 0.255 e. The van der Waals surface area contributed by atoms with Gasteiger partial charge in [0.2, 0.25) is 11.7 Å². The van der Waals surface area contributed by atoms with E-state index in [0.29, 0.717) is 34.1 Å². The number of benzene rings is 1. The number of aliphatic hydroxyl groups is 1. The topological polar surface area (TPSA) is 101 Å². The van der Waals surface area contributed by atoms with E-state index < -0.39 is 0 Å². The van der Waals surface area contributed by atoms with Crippen molar-refractivity contribution in [1.82, 2.24) is 15.1 Å². The summed E-state index contributed by atoms with van der Waals surface area (Å²) in [6, 6.07) is 8.54. The molecule has 0 radical (unpaired) electrons. The van der Waals surface area contributed by atoms with Crippen molar-refractivity contribution in [2.24, 2.45) is 0 Å². The quantitative estimate of drug-likeness (QED) is 0.766. The Morgan fingerprint density at radius 3 is 2.96 bits per heavy atom. The number of rotatable bonds is 4. The third-order valence-corrected chi connectivity index (χ3v) is 3.24. The summed E-state index contributed by atoms with van der Waals surface area (Å²) in [4.78, 5) is 20.5. The molecule has 7 heteroatoms. The first kappa shape index (κ1) is 14.9. The molecule has 0 fully saturated rings. The van der Waals surface area contributed by atoms with Crippen molar-refractivity contribution in [2.45, 2.75) is 13.5 Å². The number of nitrogens with zero attached hydrogens (tertiary/aromatic N) is 3. The van der Waals surface area contributed by atoms with Crippen molar-refractivity contribution in [3.63, 3.8) is 0 Å². The first-order valence-corrected chi connectivity index (χ1v) is 6.93. The molecule has 0 aliphatic heterocycles. The Bertz CT molecular complexity index is 845. The number of carbonyl (C=O) groups is 1.